The van der Waals surface area contributed by atoms with Crippen molar-refractivity contribution in [2.24, 2.45) is 0 Å². The Morgan fingerprint density at radius 3 is 2.65 bits per heavy atom. The zero-order valence-electron chi connectivity index (χ0n) is 9.14. The number of hydrogen-bond donors (Lipinski definition) is 4. The number of carbonyl (C=O) groups is 2. The molecule has 0 aliphatic heterocycles. The molecule has 0 atom stereocenters. The fourth-order valence-corrected chi connectivity index (χ4v) is 1.73. The number of carbonyl (C=O) groups excluding carboxylic acids is 2. The van der Waals surface area contributed by atoms with Crippen LogP contribution in [-0.4, -0.2) is 46.3 Å². The van der Waals surface area contributed by atoms with E-state index in [0.717, 1.165) is 11.3 Å². The van der Waals surface area contributed by atoms with Crippen LogP contribution in [0.2, 0.25) is 0 Å². The average Bonchev–Trinajstić information content (AvgIpc) is 2.73. The number of anilines is 1. The summed E-state index contributed by atoms with van der Waals surface area (Å²) in [6.45, 7) is 0.630. The van der Waals surface area contributed by atoms with Crippen LogP contribution in [-0.2, 0) is 4.79 Å². The van der Waals surface area contributed by atoms with Gasteiger partial charge in [-0.05, 0) is 0 Å². The second-order valence-corrected chi connectivity index (χ2v) is 4.11. The van der Waals surface area contributed by atoms with Crippen molar-refractivity contribution in [2.75, 3.05) is 18.5 Å². The number of aliphatic hydroxyl groups excluding tert-OH is 2. The molecule has 1 aromatic heterocycles. The molecule has 17 heavy (non-hydrogen) atoms. The van der Waals surface area contributed by atoms with Gasteiger partial charge in [-0.25, -0.2) is 4.98 Å². The quantitative estimate of drug-likeness (QED) is 0.552. The van der Waals surface area contributed by atoms with E-state index in [-0.39, 0.29) is 24.8 Å². The number of aromatic nitrogens is 1. The Kier molecular flexibility index (Phi) is 5.01. The van der Waals surface area contributed by atoms with Crippen molar-refractivity contribution in [1.29, 1.82) is 0 Å². The number of thiazole rings is 1. The highest BCUT2D eigenvalue weighted by Gasteiger charge is 2.15. The van der Waals surface area contributed by atoms with E-state index in [0.29, 0.717) is 5.13 Å². The monoisotopic (exact) mass is 259 g/mol. The van der Waals surface area contributed by atoms with Crippen LogP contribution < -0.4 is 10.6 Å². The predicted octanol–water partition coefficient (Wildman–Crippen LogP) is -0.816. The molecule has 7 nitrogen and oxygen atoms in total. The van der Waals surface area contributed by atoms with Gasteiger partial charge in [0.15, 0.2) is 5.13 Å². The standard InChI is InChI=1S/C9H13N3O4S/c1-5(15)10-9-12-7(4-17-9)8(16)11-6(2-13)3-14/h4,6,13-14H,2-3H2,1H3,(H,11,16)(H,10,12,15). The van der Waals surface area contributed by atoms with E-state index < -0.39 is 11.9 Å². The van der Waals surface area contributed by atoms with Crippen molar-refractivity contribution in [3.8, 4) is 0 Å². The molecule has 0 spiro atoms. The smallest absolute Gasteiger partial charge is 0.271 e. The average molecular weight is 259 g/mol. The Hall–Kier alpha value is -1.51. The van der Waals surface area contributed by atoms with E-state index in [1.165, 1.54) is 12.3 Å². The second kappa shape index (κ2) is 6.28. The van der Waals surface area contributed by atoms with Gasteiger partial charge in [-0.3, -0.25) is 9.59 Å². The summed E-state index contributed by atoms with van der Waals surface area (Å²) in [5.41, 5.74) is 0.130. The van der Waals surface area contributed by atoms with Gasteiger partial charge in [-0.15, -0.1) is 11.3 Å². The van der Waals surface area contributed by atoms with Crippen LogP contribution in [0.1, 0.15) is 17.4 Å². The Morgan fingerprint density at radius 1 is 1.47 bits per heavy atom. The molecular formula is C9H13N3O4S. The van der Waals surface area contributed by atoms with Crippen molar-refractivity contribution in [3.63, 3.8) is 0 Å². The molecule has 94 valence electrons. The van der Waals surface area contributed by atoms with Crippen LogP contribution >= 0.6 is 11.3 Å². The molecule has 0 saturated heterocycles. The summed E-state index contributed by atoms with van der Waals surface area (Å²) in [7, 11) is 0. The summed E-state index contributed by atoms with van der Waals surface area (Å²) in [5, 5.41) is 24.2. The van der Waals surface area contributed by atoms with Gasteiger partial charge in [0.25, 0.3) is 5.91 Å². The van der Waals surface area contributed by atoms with E-state index in [1.54, 1.807) is 0 Å². The molecule has 0 radical (unpaired) electrons. The minimum Gasteiger partial charge on any atom is -0.394 e. The molecular weight excluding hydrogens is 246 g/mol. The Morgan fingerprint density at radius 2 is 2.12 bits per heavy atom. The second-order valence-electron chi connectivity index (χ2n) is 3.25. The number of aliphatic hydroxyl groups is 2. The van der Waals surface area contributed by atoms with E-state index >= 15 is 0 Å². The van der Waals surface area contributed by atoms with Crippen LogP contribution in [0.25, 0.3) is 0 Å². The summed E-state index contributed by atoms with van der Waals surface area (Å²) in [6.07, 6.45) is 0. The van der Waals surface area contributed by atoms with Gasteiger partial charge in [0, 0.05) is 12.3 Å². The normalized spacial score (nSPS) is 10.4. The molecule has 4 N–H and O–H groups in total. The first-order chi connectivity index (χ1) is 8.06. The van der Waals surface area contributed by atoms with Gasteiger partial charge in [-0.1, -0.05) is 0 Å². The van der Waals surface area contributed by atoms with Gasteiger partial charge in [0.2, 0.25) is 5.91 Å². The molecule has 0 saturated carbocycles. The summed E-state index contributed by atoms with van der Waals surface area (Å²) >= 11 is 1.12. The minimum atomic E-state index is -0.714. The van der Waals surface area contributed by atoms with Gasteiger partial charge in [0.05, 0.1) is 19.3 Å². The topological polar surface area (TPSA) is 112 Å². The third-order valence-corrected chi connectivity index (χ3v) is 2.55. The number of nitrogens with zero attached hydrogens (tertiary/aromatic N) is 1. The summed E-state index contributed by atoms with van der Waals surface area (Å²) in [5.74, 6) is -0.777. The SMILES string of the molecule is CC(=O)Nc1nc(C(=O)NC(CO)CO)cs1. The minimum absolute atomic E-state index is 0.130. The predicted molar refractivity (Wildman–Crippen MR) is 61.8 cm³/mol. The summed E-state index contributed by atoms with van der Waals surface area (Å²) < 4.78 is 0. The number of amides is 2. The van der Waals surface area contributed by atoms with Crippen molar-refractivity contribution in [2.45, 2.75) is 13.0 Å². The Labute approximate surface area is 101 Å². The number of nitrogens with one attached hydrogen (secondary N) is 2. The highest BCUT2D eigenvalue weighted by Crippen LogP contribution is 2.15. The first kappa shape index (κ1) is 13.6. The molecule has 0 aromatic carbocycles. The van der Waals surface area contributed by atoms with Crippen LogP contribution in [0.15, 0.2) is 5.38 Å². The first-order valence-electron chi connectivity index (χ1n) is 4.82. The van der Waals surface area contributed by atoms with Gasteiger partial charge in [-0.2, -0.15) is 0 Å². The number of rotatable bonds is 5. The van der Waals surface area contributed by atoms with Crippen molar-refractivity contribution < 1.29 is 19.8 Å². The lowest BCUT2D eigenvalue weighted by atomic mass is 10.3. The summed E-state index contributed by atoms with van der Waals surface area (Å²) in [6, 6.07) is -0.714. The van der Waals surface area contributed by atoms with E-state index in [2.05, 4.69) is 15.6 Å². The third kappa shape index (κ3) is 4.10. The summed E-state index contributed by atoms with van der Waals surface area (Å²) in [4.78, 5) is 26.2. The lowest BCUT2D eigenvalue weighted by molar-refractivity contribution is -0.114. The fourth-order valence-electron chi connectivity index (χ4n) is 0.994. The van der Waals surface area contributed by atoms with Crippen molar-refractivity contribution in [3.05, 3.63) is 11.1 Å². The van der Waals surface area contributed by atoms with E-state index in [1.807, 2.05) is 0 Å². The van der Waals surface area contributed by atoms with Crippen LogP contribution in [0.4, 0.5) is 5.13 Å². The molecule has 0 aliphatic carbocycles. The van der Waals surface area contributed by atoms with Gasteiger partial charge in [0.1, 0.15) is 5.69 Å². The molecule has 2 amide bonds. The molecule has 0 fully saturated rings. The van der Waals surface area contributed by atoms with Gasteiger partial charge >= 0.3 is 0 Å². The van der Waals surface area contributed by atoms with Crippen LogP contribution in [0.5, 0.6) is 0 Å². The number of hydrogen-bond acceptors (Lipinski definition) is 6. The van der Waals surface area contributed by atoms with E-state index in [4.69, 9.17) is 10.2 Å². The maximum absolute atomic E-state index is 11.6. The van der Waals surface area contributed by atoms with Crippen molar-refractivity contribution >= 4 is 28.3 Å². The molecule has 8 heteroatoms. The fraction of sp³-hybridized carbons (Fsp3) is 0.444. The zero-order valence-corrected chi connectivity index (χ0v) is 9.95. The molecule has 0 unspecified atom stereocenters. The van der Waals surface area contributed by atoms with Crippen LogP contribution in [0, 0.1) is 0 Å². The molecule has 0 aliphatic rings. The van der Waals surface area contributed by atoms with Gasteiger partial charge < -0.3 is 20.8 Å². The first-order valence-corrected chi connectivity index (χ1v) is 5.70. The zero-order chi connectivity index (χ0) is 12.8. The van der Waals surface area contributed by atoms with Crippen molar-refractivity contribution in [1.82, 2.24) is 10.3 Å². The highest BCUT2D eigenvalue weighted by molar-refractivity contribution is 7.14. The molecule has 1 rings (SSSR count). The lowest BCUT2D eigenvalue weighted by Gasteiger charge is -2.11. The van der Waals surface area contributed by atoms with E-state index in [9.17, 15) is 9.59 Å². The lowest BCUT2D eigenvalue weighted by Crippen LogP contribution is -2.40. The van der Waals surface area contributed by atoms with Crippen LogP contribution in [0.3, 0.4) is 0 Å². The maximum atomic E-state index is 11.6. The molecule has 1 heterocycles. The third-order valence-electron chi connectivity index (χ3n) is 1.80. The molecule has 0 bridgehead atoms. The largest absolute Gasteiger partial charge is 0.394 e. The Bertz CT molecular complexity index is 403. The molecule has 1 aromatic rings. The maximum Gasteiger partial charge on any atom is 0.271 e. The Balaban J connectivity index is 2.63. The highest BCUT2D eigenvalue weighted by atomic mass is 32.1.